The molecule has 1 amide bonds. The average Bonchev–Trinajstić information content (AvgIpc) is 2.38. The number of hydrogen-bond donors (Lipinski definition) is 2. The van der Waals surface area contributed by atoms with Crippen molar-refractivity contribution in [3.63, 3.8) is 0 Å². The van der Waals surface area contributed by atoms with Crippen LogP contribution < -0.4 is 10.6 Å². The molecule has 0 bridgehead atoms. The summed E-state index contributed by atoms with van der Waals surface area (Å²) < 4.78 is 0. The minimum atomic E-state index is 0.0784. The van der Waals surface area contributed by atoms with E-state index in [1.807, 2.05) is 12.1 Å². The molecule has 3 heteroatoms. The van der Waals surface area contributed by atoms with Crippen LogP contribution in [0.1, 0.15) is 48.2 Å². The van der Waals surface area contributed by atoms with Gasteiger partial charge in [-0.15, -0.1) is 0 Å². The molecule has 3 nitrogen and oxygen atoms in total. The van der Waals surface area contributed by atoms with Gasteiger partial charge in [-0.3, -0.25) is 4.79 Å². The normalized spacial score (nSPS) is 15.9. The van der Waals surface area contributed by atoms with Crippen LogP contribution in [0.15, 0.2) is 18.2 Å². The summed E-state index contributed by atoms with van der Waals surface area (Å²) in [6.45, 7) is 6.04. The van der Waals surface area contributed by atoms with E-state index in [4.69, 9.17) is 0 Å². The summed E-state index contributed by atoms with van der Waals surface area (Å²) in [5.74, 6) is 0.0784. The summed E-state index contributed by atoms with van der Waals surface area (Å²) in [4.78, 5) is 12.3. The van der Waals surface area contributed by atoms with Gasteiger partial charge >= 0.3 is 0 Å². The third-order valence-corrected chi connectivity index (χ3v) is 3.48. The van der Waals surface area contributed by atoms with Crippen molar-refractivity contribution in [2.45, 2.75) is 45.7 Å². The zero-order valence-corrected chi connectivity index (χ0v) is 11.3. The van der Waals surface area contributed by atoms with Crippen LogP contribution in [-0.2, 0) is 13.0 Å². The monoisotopic (exact) mass is 246 g/mol. The molecule has 1 aliphatic rings. The second-order valence-electron chi connectivity index (χ2n) is 5.03. The number of benzene rings is 1. The SMILES string of the molecule is CCCC(C)NC(=O)c1cccc2c1CCNC2. The second kappa shape index (κ2) is 6.01. The molecule has 0 fully saturated rings. The molecular formula is C15H22N2O. The largest absolute Gasteiger partial charge is 0.350 e. The molecule has 0 radical (unpaired) electrons. The smallest absolute Gasteiger partial charge is 0.251 e. The summed E-state index contributed by atoms with van der Waals surface area (Å²) in [6, 6.07) is 6.27. The number of fused-ring (bicyclic) bond motifs is 1. The molecule has 0 spiro atoms. The lowest BCUT2D eigenvalue weighted by Crippen LogP contribution is -2.34. The summed E-state index contributed by atoms with van der Waals surface area (Å²) in [6.07, 6.45) is 3.07. The van der Waals surface area contributed by atoms with E-state index in [9.17, 15) is 4.79 Å². The van der Waals surface area contributed by atoms with Gasteiger partial charge in [-0.05, 0) is 43.5 Å². The Hall–Kier alpha value is -1.35. The number of rotatable bonds is 4. The van der Waals surface area contributed by atoms with Gasteiger partial charge in [0.1, 0.15) is 0 Å². The Morgan fingerprint density at radius 2 is 2.33 bits per heavy atom. The van der Waals surface area contributed by atoms with Crippen molar-refractivity contribution in [2.75, 3.05) is 6.54 Å². The van der Waals surface area contributed by atoms with Gasteiger partial charge in [0, 0.05) is 18.2 Å². The fraction of sp³-hybridized carbons (Fsp3) is 0.533. The maximum atomic E-state index is 12.3. The Balaban J connectivity index is 2.15. The molecule has 2 rings (SSSR count). The van der Waals surface area contributed by atoms with E-state index in [1.54, 1.807) is 0 Å². The Morgan fingerprint density at radius 1 is 1.50 bits per heavy atom. The van der Waals surface area contributed by atoms with E-state index in [0.717, 1.165) is 37.9 Å². The summed E-state index contributed by atoms with van der Waals surface area (Å²) in [7, 11) is 0. The predicted octanol–water partition coefficient (Wildman–Crippen LogP) is 2.25. The fourth-order valence-electron chi connectivity index (χ4n) is 2.55. The van der Waals surface area contributed by atoms with Crippen molar-refractivity contribution in [1.82, 2.24) is 10.6 Å². The molecule has 1 atom stereocenters. The van der Waals surface area contributed by atoms with Crippen molar-refractivity contribution in [2.24, 2.45) is 0 Å². The summed E-state index contributed by atoms with van der Waals surface area (Å²) in [5.41, 5.74) is 3.34. The van der Waals surface area contributed by atoms with Crippen LogP contribution in [0.4, 0.5) is 0 Å². The van der Waals surface area contributed by atoms with Crippen molar-refractivity contribution in [3.05, 3.63) is 34.9 Å². The topological polar surface area (TPSA) is 41.1 Å². The van der Waals surface area contributed by atoms with Crippen LogP contribution in [0.2, 0.25) is 0 Å². The van der Waals surface area contributed by atoms with Crippen LogP contribution in [0.5, 0.6) is 0 Å². The Morgan fingerprint density at radius 3 is 3.11 bits per heavy atom. The molecule has 1 heterocycles. The Labute approximate surface area is 109 Å². The second-order valence-corrected chi connectivity index (χ2v) is 5.03. The lowest BCUT2D eigenvalue weighted by Gasteiger charge is -2.21. The Kier molecular flexibility index (Phi) is 4.37. The Bertz CT molecular complexity index is 429. The van der Waals surface area contributed by atoms with E-state index >= 15 is 0 Å². The van der Waals surface area contributed by atoms with Gasteiger partial charge in [0.2, 0.25) is 0 Å². The highest BCUT2D eigenvalue weighted by atomic mass is 16.1. The van der Waals surface area contributed by atoms with Crippen LogP contribution >= 0.6 is 0 Å². The van der Waals surface area contributed by atoms with E-state index in [1.165, 1.54) is 11.1 Å². The molecule has 2 N–H and O–H groups in total. The molecule has 1 aliphatic heterocycles. The highest BCUT2D eigenvalue weighted by molar-refractivity contribution is 5.96. The number of carbonyl (C=O) groups excluding carboxylic acids is 1. The van der Waals surface area contributed by atoms with Crippen molar-refractivity contribution < 1.29 is 4.79 Å². The lowest BCUT2D eigenvalue weighted by molar-refractivity contribution is 0.0937. The molecule has 0 aliphatic carbocycles. The standard InChI is InChI=1S/C15H22N2O/c1-3-5-11(2)17-15(18)14-7-4-6-12-10-16-9-8-13(12)14/h4,6-7,11,16H,3,5,8-10H2,1-2H3,(H,17,18). The number of nitrogens with one attached hydrogen (secondary N) is 2. The van der Waals surface area contributed by atoms with Gasteiger partial charge in [-0.2, -0.15) is 0 Å². The van der Waals surface area contributed by atoms with Crippen LogP contribution in [0, 0.1) is 0 Å². The molecular weight excluding hydrogens is 224 g/mol. The zero-order chi connectivity index (χ0) is 13.0. The number of hydrogen-bond acceptors (Lipinski definition) is 2. The zero-order valence-electron chi connectivity index (χ0n) is 11.3. The van der Waals surface area contributed by atoms with Crippen molar-refractivity contribution >= 4 is 5.91 Å². The van der Waals surface area contributed by atoms with E-state index in [0.29, 0.717) is 0 Å². The first kappa shape index (κ1) is 13.1. The highest BCUT2D eigenvalue weighted by Gasteiger charge is 2.17. The van der Waals surface area contributed by atoms with E-state index in [-0.39, 0.29) is 11.9 Å². The number of amides is 1. The molecule has 1 aromatic rings. The fourth-order valence-corrected chi connectivity index (χ4v) is 2.55. The van der Waals surface area contributed by atoms with E-state index < -0.39 is 0 Å². The minimum absolute atomic E-state index is 0.0784. The minimum Gasteiger partial charge on any atom is -0.350 e. The van der Waals surface area contributed by atoms with Crippen molar-refractivity contribution in [1.29, 1.82) is 0 Å². The third kappa shape index (κ3) is 2.91. The molecule has 0 saturated heterocycles. The van der Waals surface area contributed by atoms with Gasteiger partial charge in [0.05, 0.1) is 0 Å². The summed E-state index contributed by atoms with van der Waals surface area (Å²) in [5, 5.41) is 6.42. The molecule has 98 valence electrons. The van der Waals surface area contributed by atoms with Crippen LogP contribution in [0.3, 0.4) is 0 Å². The van der Waals surface area contributed by atoms with E-state index in [2.05, 4.69) is 30.5 Å². The van der Waals surface area contributed by atoms with Gasteiger partial charge < -0.3 is 10.6 Å². The number of carbonyl (C=O) groups is 1. The molecule has 0 aromatic heterocycles. The van der Waals surface area contributed by atoms with Gasteiger partial charge in [-0.1, -0.05) is 25.5 Å². The predicted molar refractivity (Wildman–Crippen MR) is 73.7 cm³/mol. The lowest BCUT2D eigenvalue weighted by atomic mass is 9.95. The quantitative estimate of drug-likeness (QED) is 0.855. The first-order valence-corrected chi connectivity index (χ1v) is 6.84. The first-order chi connectivity index (χ1) is 8.72. The van der Waals surface area contributed by atoms with Crippen LogP contribution in [0.25, 0.3) is 0 Å². The average molecular weight is 246 g/mol. The highest BCUT2D eigenvalue weighted by Crippen LogP contribution is 2.18. The van der Waals surface area contributed by atoms with Crippen LogP contribution in [-0.4, -0.2) is 18.5 Å². The molecule has 1 unspecified atom stereocenters. The maximum absolute atomic E-state index is 12.3. The molecule has 18 heavy (non-hydrogen) atoms. The first-order valence-electron chi connectivity index (χ1n) is 6.84. The van der Waals surface area contributed by atoms with Gasteiger partial charge in [0.15, 0.2) is 0 Å². The van der Waals surface area contributed by atoms with Crippen molar-refractivity contribution in [3.8, 4) is 0 Å². The third-order valence-electron chi connectivity index (χ3n) is 3.48. The van der Waals surface area contributed by atoms with Gasteiger partial charge in [0.25, 0.3) is 5.91 Å². The summed E-state index contributed by atoms with van der Waals surface area (Å²) >= 11 is 0. The van der Waals surface area contributed by atoms with Gasteiger partial charge in [-0.25, -0.2) is 0 Å². The molecule has 1 aromatic carbocycles. The maximum Gasteiger partial charge on any atom is 0.251 e. The molecule has 0 saturated carbocycles.